The summed E-state index contributed by atoms with van der Waals surface area (Å²) in [6.07, 6.45) is 4.52. The maximum absolute atomic E-state index is 11.3. The lowest BCUT2D eigenvalue weighted by Gasteiger charge is -2.46. The smallest absolute Gasteiger partial charge is 0.192 e. The van der Waals surface area contributed by atoms with Crippen molar-refractivity contribution in [1.29, 1.82) is 0 Å². The summed E-state index contributed by atoms with van der Waals surface area (Å²) in [7, 11) is -4.05. The van der Waals surface area contributed by atoms with Gasteiger partial charge < -0.3 is 19.1 Å². The van der Waals surface area contributed by atoms with E-state index in [1.54, 1.807) is 0 Å². The van der Waals surface area contributed by atoms with E-state index >= 15 is 0 Å². The highest BCUT2D eigenvalue weighted by molar-refractivity contribution is 6.74. The zero-order valence-electron chi connectivity index (χ0n) is 26.9. The molecular weight excluding hydrogens is 480 g/mol. The largest absolute Gasteiger partial charge is 0.413 e. The number of allylic oxidation sites excluding steroid dienone is 1. The molecule has 0 rings (SSSR count). The van der Waals surface area contributed by atoms with E-state index in [4.69, 9.17) is 8.85 Å². The molecule has 0 fully saturated rings. The molecule has 0 spiro atoms. The van der Waals surface area contributed by atoms with Crippen LogP contribution in [0.25, 0.3) is 0 Å². The van der Waals surface area contributed by atoms with Gasteiger partial charge in [-0.2, -0.15) is 0 Å². The quantitative estimate of drug-likeness (QED) is 0.171. The summed E-state index contributed by atoms with van der Waals surface area (Å²) in [5, 5.41) is 21.6. The fraction of sp³-hybridized carbons (Fsp3) is 0.933. The Bertz CT molecular complexity index is 663. The molecule has 0 aromatic heterocycles. The minimum absolute atomic E-state index is 0.00236. The van der Waals surface area contributed by atoms with Crippen LogP contribution in [0.4, 0.5) is 0 Å². The molecule has 36 heavy (non-hydrogen) atoms. The second-order valence-corrected chi connectivity index (χ2v) is 24.3. The van der Waals surface area contributed by atoms with Crippen molar-refractivity contribution >= 4 is 16.6 Å². The van der Waals surface area contributed by atoms with E-state index in [1.165, 1.54) is 0 Å². The van der Waals surface area contributed by atoms with Gasteiger partial charge in [0, 0.05) is 24.4 Å². The lowest BCUT2D eigenvalue weighted by Crippen LogP contribution is -2.51. The monoisotopic (exact) mass is 544 g/mol. The molecule has 0 bridgehead atoms. The minimum Gasteiger partial charge on any atom is -0.413 e. The van der Waals surface area contributed by atoms with Crippen molar-refractivity contribution in [2.45, 2.75) is 144 Å². The zero-order valence-corrected chi connectivity index (χ0v) is 28.9. The van der Waals surface area contributed by atoms with Crippen molar-refractivity contribution in [2.75, 3.05) is 6.61 Å². The maximum Gasteiger partial charge on any atom is 0.192 e. The van der Waals surface area contributed by atoms with Gasteiger partial charge in [-0.05, 0) is 61.4 Å². The highest BCUT2D eigenvalue weighted by atomic mass is 28.4. The fourth-order valence-electron chi connectivity index (χ4n) is 4.62. The van der Waals surface area contributed by atoms with Gasteiger partial charge in [0.25, 0.3) is 0 Å². The van der Waals surface area contributed by atoms with Crippen molar-refractivity contribution in [2.24, 2.45) is 29.6 Å². The van der Waals surface area contributed by atoms with Gasteiger partial charge in [0.05, 0.1) is 18.3 Å². The van der Waals surface area contributed by atoms with Crippen LogP contribution in [0.1, 0.15) is 89.5 Å². The van der Waals surface area contributed by atoms with E-state index in [1.807, 2.05) is 13.0 Å². The molecular formula is C30H64O4Si2. The van der Waals surface area contributed by atoms with Crippen LogP contribution in [-0.2, 0) is 8.85 Å². The normalized spacial score (nSPS) is 21.1. The van der Waals surface area contributed by atoms with Crippen molar-refractivity contribution in [3.63, 3.8) is 0 Å². The Hall–Kier alpha value is 0.0138. The van der Waals surface area contributed by atoms with Crippen LogP contribution in [0.3, 0.4) is 0 Å². The lowest BCUT2D eigenvalue weighted by molar-refractivity contribution is -0.0266. The SMILES string of the molecule is C/C=C\C(C)C(O)C(C)C(O[Si](C)(C)C(C)(C)C)C(C)CC(C)C(O[Si](C)(C)C(C)(C)C)C(C)CO. The molecule has 8 atom stereocenters. The van der Waals surface area contributed by atoms with Crippen LogP contribution < -0.4 is 0 Å². The third-order valence-electron chi connectivity index (χ3n) is 9.28. The van der Waals surface area contributed by atoms with Gasteiger partial charge in [0.2, 0.25) is 0 Å². The molecule has 0 heterocycles. The molecule has 0 aliphatic carbocycles. The number of aliphatic hydroxyl groups is 2. The van der Waals surface area contributed by atoms with Crippen LogP contribution in [-0.4, -0.2) is 51.8 Å². The zero-order chi connectivity index (χ0) is 28.9. The van der Waals surface area contributed by atoms with E-state index in [-0.39, 0.29) is 58.5 Å². The Balaban J connectivity index is 6.12. The van der Waals surface area contributed by atoms with Crippen LogP contribution in [0.5, 0.6) is 0 Å². The van der Waals surface area contributed by atoms with Crippen molar-refractivity contribution in [3.05, 3.63) is 12.2 Å². The minimum atomic E-state index is -2.06. The first-order valence-electron chi connectivity index (χ1n) is 14.3. The van der Waals surface area contributed by atoms with E-state index in [0.29, 0.717) is 0 Å². The Morgan fingerprint density at radius 2 is 1.11 bits per heavy atom. The second-order valence-electron chi connectivity index (χ2n) is 14.8. The maximum atomic E-state index is 11.3. The average Bonchev–Trinajstić information content (AvgIpc) is 2.72. The topological polar surface area (TPSA) is 58.9 Å². The highest BCUT2D eigenvalue weighted by Gasteiger charge is 2.45. The molecule has 0 saturated carbocycles. The Morgan fingerprint density at radius 1 is 0.722 bits per heavy atom. The van der Waals surface area contributed by atoms with Gasteiger partial charge in [-0.15, -0.1) is 0 Å². The summed E-state index contributed by atoms with van der Waals surface area (Å²) in [4.78, 5) is 0. The number of aliphatic hydroxyl groups excluding tert-OH is 2. The van der Waals surface area contributed by atoms with E-state index in [2.05, 4.69) is 108 Å². The first-order valence-corrected chi connectivity index (χ1v) is 20.1. The van der Waals surface area contributed by atoms with Crippen molar-refractivity contribution in [1.82, 2.24) is 0 Å². The molecule has 0 aromatic carbocycles. The Morgan fingerprint density at radius 3 is 1.47 bits per heavy atom. The van der Waals surface area contributed by atoms with E-state index < -0.39 is 22.7 Å². The predicted molar refractivity (Wildman–Crippen MR) is 162 cm³/mol. The van der Waals surface area contributed by atoms with Gasteiger partial charge >= 0.3 is 0 Å². The van der Waals surface area contributed by atoms with Gasteiger partial charge in [-0.3, -0.25) is 0 Å². The molecule has 0 aliphatic rings. The lowest BCUT2D eigenvalue weighted by atomic mass is 9.79. The first-order chi connectivity index (χ1) is 16.0. The fourth-order valence-corrected chi connectivity index (χ4v) is 7.60. The van der Waals surface area contributed by atoms with Gasteiger partial charge in [-0.25, -0.2) is 0 Å². The summed E-state index contributed by atoms with van der Waals surface area (Å²) in [5.41, 5.74) is 0. The van der Waals surface area contributed by atoms with E-state index in [0.717, 1.165) is 6.42 Å². The standard InChI is InChI=1S/C30H64O4Si2/c1-17-18-21(2)26(32)25(6)28(34-36(15,16)30(10,11)12)23(4)19-22(3)27(24(5)20-31)33-35(13,14)29(7,8)9/h17-18,21-28,31-32H,19-20H2,1-16H3/b18-17-. The van der Waals surface area contributed by atoms with Crippen LogP contribution >= 0.6 is 0 Å². The number of hydrogen-bond donors (Lipinski definition) is 2. The molecule has 8 unspecified atom stereocenters. The summed E-state index contributed by atoms with van der Waals surface area (Å²) >= 11 is 0. The predicted octanol–water partition coefficient (Wildman–Crippen LogP) is 8.27. The summed E-state index contributed by atoms with van der Waals surface area (Å²) in [6, 6.07) is 0. The molecule has 6 heteroatoms. The van der Waals surface area contributed by atoms with Crippen LogP contribution in [0.2, 0.25) is 36.3 Å². The highest BCUT2D eigenvalue weighted by Crippen LogP contribution is 2.42. The molecule has 2 N–H and O–H groups in total. The molecule has 216 valence electrons. The van der Waals surface area contributed by atoms with Gasteiger partial charge in [0.1, 0.15) is 0 Å². The Labute approximate surface area is 227 Å². The molecule has 4 nitrogen and oxygen atoms in total. The first kappa shape index (κ1) is 36.0. The third-order valence-corrected chi connectivity index (χ3v) is 18.2. The average molecular weight is 545 g/mol. The molecule has 0 radical (unpaired) electrons. The number of rotatable bonds is 14. The van der Waals surface area contributed by atoms with E-state index in [9.17, 15) is 10.2 Å². The van der Waals surface area contributed by atoms with Crippen LogP contribution in [0, 0.1) is 29.6 Å². The summed E-state index contributed by atoms with van der Waals surface area (Å²) in [6.45, 7) is 35.9. The summed E-state index contributed by atoms with van der Waals surface area (Å²) < 4.78 is 14.0. The molecule has 0 aliphatic heterocycles. The molecule has 0 aromatic rings. The van der Waals surface area contributed by atoms with Gasteiger partial charge in [0.15, 0.2) is 16.6 Å². The molecule has 0 saturated heterocycles. The molecule has 0 amide bonds. The van der Waals surface area contributed by atoms with Crippen molar-refractivity contribution < 1.29 is 19.1 Å². The van der Waals surface area contributed by atoms with Crippen LogP contribution in [0.15, 0.2) is 12.2 Å². The van der Waals surface area contributed by atoms with Crippen molar-refractivity contribution in [3.8, 4) is 0 Å². The Kier molecular flexibility index (Phi) is 13.9. The number of hydrogen-bond acceptors (Lipinski definition) is 4. The second kappa shape index (κ2) is 13.9. The van der Waals surface area contributed by atoms with Gasteiger partial charge in [-0.1, -0.05) is 88.3 Å². The third kappa shape index (κ3) is 9.96. The summed E-state index contributed by atoms with van der Waals surface area (Å²) in [5.74, 6) is 0.651.